The summed E-state index contributed by atoms with van der Waals surface area (Å²) in [5.41, 5.74) is 0.576. The number of halogens is 2. The van der Waals surface area contributed by atoms with Crippen molar-refractivity contribution < 1.29 is 9.53 Å². The number of para-hydroxylation sites is 1. The zero-order chi connectivity index (χ0) is 13.1. The van der Waals surface area contributed by atoms with Crippen molar-refractivity contribution in [2.45, 2.75) is 6.92 Å². The third-order valence-electron chi connectivity index (χ3n) is 2.38. The van der Waals surface area contributed by atoms with Crippen molar-refractivity contribution in [1.82, 2.24) is 0 Å². The summed E-state index contributed by atoms with van der Waals surface area (Å²) in [4.78, 5) is 11.5. The smallest absolute Gasteiger partial charge is 0.163 e. The fourth-order valence-electron chi connectivity index (χ4n) is 1.52. The van der Waals surface area contributed by atoms with Gasteiger partial charge in [0.15, 0.2) is 5.78 Å². The summed E-state index contributed by atoms with van der Waals surface area (Å²) in [5.74, 6) is 1.22. The second kappa shape index (κ2) is 5.67. The molecule has 0 aliphatic carbocycles. The second-order valence-electron chi connectivity index (χ2n) is 3.73. The van der Waals surface area contributed by atoms with Gasteiger partial charge in [0.1, 0.15) is 11.5 Å². The topological polar surface area (TPSA) is 26.3 Å². The first-order valence-electron chi connectivity index (χ1n) is 5.31. The van der Waals surface area contributed by atoms with Crippen LogP contribution in [0.3, 0.4) is 0 Å². The SMILES string of the molecule is CC(=O)c1ccccc1Oc1ccc(Br)cc1Br. The molecular weight excluding hydrogens is 360 g/mol. The summed E-state index contributed by atoms with van der Waals surface area (Å²) in [6.45, 7) is 1.53. The van der Waals surface area contributed by atoms with Gasteiger partial charge in [-0.05, 0) is 53.2 Å². The molecule has 2 aromatic rings. The van der Waals surface area contributed by atoms with E-state index in [4.69, 9.17) is 4.74 Å². The zero-order valence-electron chi connectivity index (χ0n) is 9.61. The van der Waals surface area contributed by atoms with E-state index in [1.54, 1.807) is 12.1 Å². The van der Waals surface area contributed by atoms with Crippen LogP contribution in [-0.2, 0) is 0 Å². The predicted octanol–water partition coefficient (Wildman–Crippen LogP) is 5.21. The molecule has 2 aromatic carbocycles. The lowest BCUT2D eigenvalue weighted by molar-refractivity contribution is 0.101. The lowest BCUT2D eigenvalue weighted by Gasteiger charge is -2.10. The molecule has 0 unspecified atom stereocenters. The van der Waals surface area contributed by atoms with Gasteiger partial charge in [0.25, 0.3) is 0 Å². The van der Waals surface area contributed by atoms with Gasteiger partial charge in [-0.1, -0.05) is 28.1 Å². The van der Waals surface area contributed by atoms with Gasteiger partial charge in [-0.15, -0.1) is 0 Å². The molecule has 0 amide bonds. The molecule has 0 N–H and O–H groups in total. The highest BCUT2D eigenvalue weighted by Gasteiger charge is 2.10. The van der Waals surface area contributed by atoms with Crippen molar-refractivity contribution in [3.8, 4) is 11.5 Å². The number of benzene rings is 2. The lowest BCUT2D eigenvalue weighted by atomic mass is 10.1. The van der Waals surface area contributed by atoms with Gasteiger partial charge in [0, 0.05) is 4.47 Å². The Kier molecular flexibility index (Phi) is 4.19. The van der Waals surface area contributed by atoms with Crippen LogP contribution in [0.15, 0.2) is 51.4 Å². The van der Waals surface area contributed by atoms with Gasteiger partial charge < -0.3 is 4.74 Å². The number of rotatable bonds is 3. The maximum absolute atomic E-state index is 11.5. The Bertz CT molecular complexity index is 594. The molecule has 4 heteroatoms. The van der Waals surface area contributed by atoms with Crippen molar-refractivity contribution in [2.75, 3.05) is 0 Å². The molecule has 0 atom stereocenters. The Labute approximate surface area is 122 Å². The standard InChI is InChI=1S/C14H10Br2O2/c1-9(17)11-4-2-3-5-13(11)18-14-7-6-10(15)8-12(14)16/h2-8H,1H3. The minimum Gasteiger partial charge on any atom is -0.455 e. The molecule has 0 bridgehead atoms. The predicted molar refractivity (Wildman–Crippen MR) is 78.4 cm³/mol. The van der Waals surface area contributed by atoms with Gasteiger partial charge in [-0.3, -0.25) is 4.79 Å². The molecule has 0 saturated carbocycles. The van der Waals surface area contributed by atoms with Crippen molar-refractivity contribution in [2.24, 2.45) is 0 Å². The summed E-state index contributed by atoms with van der Waals surface area (Å²) >= 11 is 6.81. The normalized spacial score (nSPS) is 10.2. The van der Waals surface area contributed by atoms with Crippen molar-refractivity contribution >= 4 is 37.6 Å². The van der Waals surface area contributed by atoms with Crippen molar-refractivity contribution in [3.05, 3.63) is 57.0 Å². The fraction of sp³-hybridized carbons (Fsp3) is 0.0714. The lowest BCUT2D eigenvalue weighted by Crippen LogP contribution is -1.96. The van der Waals surface area contributed by atoms with Crippen LogP contribution >= 0.6 is 31.9 Å². The summed E-state index contributed by atoms with van der Waals surface area (Å²) in [5, 5.41) is 0. The Balaban J connectivity index is 2.37. The Morgan fingerprint density at radius 3 is 2.44 bits per heavy atom. The molecule has 0 aliphatic rings. The van der Waals surface area contributed by atoms with Crippen LogP contribution in [0, 0.1) is 0 Å². The highest BCUT2D eigenvalue weighted by molar-refractivity contribution is 9.11. The number of ketones is 1. The molecule has 0 saturated heterocycles. The van der Waals surface area contributed by atoms with E-state index in [2.05, 4.69) is 31.9 Å². The Morgan fingerprint density at radius 2 is 1.78 bits per heavy atom. The molecule has 0 fully saturated rings. The highest BCUT2D eigenvalue weighted by Crippen LogP contribution is 2.33. The molecule has 18 heavy (non-hydrogen) atoms. The Hall–Kier alpha value is -1.13. The number of hydrogen-bond donors (Lipinski definition) is 0. The van der Waals surface area contributed by atoms with E-state index in [0.29, 0.717) is 17.1 Å². The van der Waals surface area contributed by atoms with E-state index in [0.717, 1.165) is 8.95 Å². The van der Waals surface area contributed by atoms with E-state index in [1.807, 2.05) is 30.3 Å². The van der Waals surface area contributed by atoms with Gasteiger partial charge in [-0.25, -0.2) is 0 Å². The molecule has 0 radical (unpaired) electrons. The maximum atomic E-state index is 11.5. The first-order chi connectivity index (χ1) is 8.58. The molecule has 0 heterocycles. The van der Waals surface area contributed by atoms with Gasteiger partial charge in [-0.2, -0.15) is 0 Å². The van der Waals surface area contributed by atoms with Gasteiger partial charge in [0.05, 0.1) is 10.0 Å². The van der Waals surface area contributed by atoms with E-state index in [-0.39, 0.29) is 5.78 Å². The van der Waals surface area contributed by atoms with E-state index < -0.39 is 0 Å². The number of Topliss-reactive ketones (excluding diaryl/α,β-unsaturated/α-hetero) is 1. The van der Waals surface area contributed by atoms with E-state index in [9.17, 15) is 4.79 Å². The van der Waals surface area contributed by atoms with Crippen LogP contribution < -0.4 is 4.74 Å². The molecule has 2 nitrogen and oxygen atoms in total. The summed E-state index contributed by atoms with van der Waals surface area (Å²) in [7, 11) is 0. The number of carbonyl (C=O) groups excluding carboxylic acids is 1. The van der Waals surface area contributed by atoms with Crippen LogP contribution in [0.25, 0.3) is 0 Å². The molecule has 2 rings (SSSR count). The number of hydrogen-bond acceptors (Lipinski definition) is 2. The van der Waals surface area contributed by atoms with Crippen LogP contribution in [0.2, 0.25) is 0 Å². The fourth-order valence-corrected chi connectivity index (χ4v) is 2.65. The van der Waals surface area contributed by atoms with Crippen LogP contribution in [0.5, 0.6) is 11.5 Å². The van der Waals surface area contributed by atoms with Crippen molar-refractivity contribution in [3.63, 3.8) is 0 Å². The average molecular weight is 370 g/mol. The van der Waals surface area contributed by atoms with Crippen LogP contribution in [-0.4, -0.2) is 5.78 Å². The Morgan fingerprint density at radius 1 is 1.06 bits per heavy atom. The van der Waals surface area contributed by atoms with E-state index >= 15 is 0 Å². The highest BCUT2D eigenvalue weighted by atomic mass is 79.9. The third-order valence-corrected chi connectivity index (χ3v) is 3.49. The van der Waals surface area contributed by atoms with Gasteiger partial charge in [0.2, 0.25) is 0 Å². The van der Waals surface area contributed by atoms with Gasteiger partial charge >= 0.3 is 0 Å². The zero-order valence-corrected chi connectivity index (χ0v) is 12.8. The van der Waals surface area contributed by atoms with E-state index in [1.165, 1.54) is 6.92 Å². The first kappa shape index (κ1) is 13.3. The minimum atomic E-state index is -0.0150. The molecule has 0 spiro atoms. The summed E-state index contributed by atoms with van der Waals surface area (Å²) < 4.78 is 7.56. The average Bonchev–Trinajstić information content (AvgIpc) is 2.33. The van der Waals surface area contributed by atoms with Crippen LogP contribution in [0.4, 0.5) is 0 Å². The third kappa shape index (κ3) is 3.00. The number of ether oxygens (including phenoxy) is 1. The molecule has 92 valence electrons. The summed E-state index contributed by atoms with van der Waals surface area (Å²) in [6.07, 6.45) is 0. The maximum Gasteiger partial charge on any atom is 0.163 e. The molecular formula is C14H10Br2O2. The molecule has 0 aliphatic heterocycles. The quantitative estimate of drug-likeness (QED) is 0.694. The second-order valence-corrected chi connectivity index (χ2v) is 5.50. The number of carbonyl (C=O) groups is 1. The minimum absolute atomic E-state index is 0.0150. The monoisotopic (exact) mass is 368 g/mol. The molecule has 0 aromatic heterocycles. The first-order valence-corrected chi connectivity index (χ1v) is 6.89. The summed E-state index contributed by atoms with van der Waals surface area (Å²) in [6, 6.07) is 12.8. The largest absolute Gasteiger partial charge is 0.455 e. The van der Waals surface area contributed by atoms with Crippen LogP contribution in [0.1, 0.15) is 17.3 Å². The van der Waals surface area contributed by atoms with Crippen molar-refractivity contribution in [1.29, 1.82) is 0 Å².